The van der Waals surface area contributed by atoms with Gasteiger partial charge in [0.1, 0.15) is 0 Å². The summed E-state index contributed by atoms with van der Waals surface area (Å²) in [5.41, 5.74) is 18.1. The predicted octanol–water partition coefficient (Wildman–Crippen LogP) is 5.36. The van der Waals surface area contributed by atoms with Gasteiger partial charge in [0.25, 0.3) is 0 Å². The molecule has 0 fully saturated rings. The first-order chi connectivity index (χ1) is 15.9. The van der Waals surface area contributed by atoms with Crippen LogP contribution in [-0.2, 0) is 17.6 Å². The lowest BCUT2D eigenvalue weighted by atomic mass is 9.89. The summed E-state index contributed by atoms with van der Waals surface area (Å²) in [6.45, 7) is 5.86. The number of rotatable bonds is 14. The number of methoxy groups -OCH3 is 1. The van der Waals surface area contributed by atoms with Crippen LogP contribution in [0.4, 0.5) is 0 Å². The Bertz CT molecular complexity index is 916. The van der Waals surface area contributed by atoms with Gasteiger partial charge in [0, 0.05) is 7.11 Å². The van der Waals surface area contributed by atoms with Crippen molar-refractivity contribution in [2.45, 2.75) is 58.0 Å². The van der Waals surface area contributed by atoms with E-state index in [2.05, 4.69) is 49.4 Å². The zero-order chi connectivity index (χ0) is 24.1. The molecule has 0 aliphatic heterocycles. The highest BCUT2D eigenvalue weighted by atomic mass is 16.5. The van der Waals surface area contributed by atoms with Crippen molar-refractivity contribution in [3.05, 3.63) is 70.8 Å². The third kappa shape index (κ3) is 8.90. The van der Waals surface area contributed by atoms with Crippen molar-refractivity contribution >= 4 is 12.2 Å². The summed E-state index contributed by atoms with van der Waals surface area (Å²) in [4.78, 5) is 0. The van der Waals surface area contributed by atoms with Crippen LogP contribution < -0.4 is 11.5 Å². The highest BCUT2D eigenvalue weighted by Crippen LogP contribution is 2.32. The second-order valence-electron chi connectivity index (χ2n) is 8.93. The molecule has 0 radical (unpaired) electrons. The molecule has 0 aliphatic rings. The van der Waals surface area contributed by atoms with E-state index in [1.165, 1.54) is 27.8 Å². The minimum Gasteiger partial charge on any atom is -0.386 e. The fraction of sp³-hybridized carbons (Fsp3) is 0.448. The van der Waals surface area contributed by atoms with Crippen LogP contribution in [0.3, 0.4) is 0 Å². The van der Waals surface area contributed by atoms with Crippen molar-refractivity contribution in [2.75, 3.05) is 26.8 Å². The van der Waals surface area contributed by atoms with E-state index >= 15 is 0 Å². The van der Waals surface area contributed by atoms with Crippen LogP contribution >= 0.6 is 0 Å². The molecule has 5 N–H and O–H groups in total. The van der Waals surface area contributed by atoms with Crippen molar-refractivity contribution in [1.82, 2.24) is 0 Å². The molecule has 2 aromatic rings. The van der Waals surface area contributed by atoms with E-state index in [-0.39, 0.29) is 0 Å². The third-order valence-electron chi connectivity index (χ3n) is 5.76. The molecule has 0 amide bonds. The third-order valence-corrected chi connectivity index (χ3v) is 5.76. The minimum atomic E-state index is -0.810. The normalized spacial score (nSPS) is 13.8. The maximum absolute atomic E-state index is 10.6. The van der Waals surface area contributed by atoms with Crippen LogP contribution in [-0.4, -0.2) is 37.5 Å². The fourth-order valence-corrected chi connectivity index (χ4v) is 4.16. The highest BCUT2D eigenvalue weighted by Gasteiger charge is 2.15. The molecule has 180 valence electrons. The molecule has 1 unspecified atom stereocenters. The van der Waals surface area contributed by atoms with Gasteiger partial charge in [-0.05, 0) is 91.6 Å². The minimum absolute atomic E-state index is 0.573. The summed E-state index contributed by atoms with van der Waals surface area (Å²) in [7, 11) is 1.70. The molecule has 0 saturated heterocycles. The van der Waals surface area contributed by atoms with Gasteiger partial charge in [-0.3, -0.25) is 0 Å². The first-order valence-corrected chi connectivity index (χ1v) is 12.2. The van der Waals surface area contributed by atoms with Gasteiger partial charge in [-0.15, -0.1) is 0 Å². The van der Waals surface area contributed by atoms with Crippen molar-refractivity contribution in [2.24, 2.45) is 11.5 Å². The molecule has 1 atom stereocenters. The molecule has 4 heteroatoms. The van der Waals surface area contributed by atoms with Gasteiger partial charge in [-0.2, -0.15) is 0 Å². The molecular formula is C29H42N2O2. The van der Waals surface area contributed by atoms with Gasteiger partial charge in [-0.1, -0.05) is 68.0 Å². The highest BCUT2D eigenvalue weighted by molar-refractivity contribution is 5.80. The van der Waals surface area contributed by atoms with E-state index in [9.17, 15) is 5.11 Å². The molecule has 0 saturated carbocycles. The van der Waals surface area contributed by atoms with Gasteiger partial charge >= 0.3 is 0 Å². The van der Waals surface area contributed by atoms with Gasteiger partial charge in [0.2, 0.25) is 0 Å². The Kier molecular flexibility index (Phi) is 11.6. The molecule has 0 aromatic heterocycles. The number of ether oxygens (including phenoxy) is 1. The molecule has 0 bridgehead atoms. The summed E-state index contributed by atoms with van der Waals surface area (Å²) in [6.07, 6.45) is 13.6. The molecule has 33 heavy (non-hydrogen) atoms. The maximum atomic E-state index is 10.6. The summed E-state index contributed by atoms with van der Waals surface area (Å²) < 4.78 is 5.22. The number of benzene rings is 2. The number of aryl methyl sites for hydroxylation is 2. The van der Waals surface area contributed by atoms with Gasteiger partial charge in [-0.25, -0.2) is 0 Å². The largest absolute Gasteiger partial charge is 0.386 e. The van der Waals surface area contributed by atoms with E-state index in [0.29, 0.717) is 19.7 Å². The smallest absolute Gasteiger partial charge is 0.0802 e. The Labute approximate surface area is 200 Å². The number of hydrogen-bond donors (Lipinski definition) is 3. The van der Waals surface area contributed by atoms with Crippen molar-refractivity contribution in [1.29, 1.82) is 0 Å². The second kappa shape index (κ2) is 14.1. The average molecular weight is 451 g/mol. The van der Waals surface area contributed by atoms with Crippen molar-refractivity contribution < 1.29 is 9.84 Å². The Hall–Kier alpha value is -2.24. The first-order valence-electron chi connectivity index (χ1n) is 12.2. The quantitative estimate of drug-likeness (QED) is 0.362. The molecule has 0 spiro atoms. The molecule has 4 nitrogen and oxygen atoms in total. The number of aliphatic hydroxyl groups is 1. The van der Waals surface area contributed by atoms with Gasteiger partial charge < -0.3 is 21.3 Å². The van der Waals surface area contributed by atoms with Crippen LogP contribution in [0.15, 0.2) is 48.6 Å². The average Bonchev–Trinajstić information content (AvgIpc) is 2.80. The topological polar surface area (TPSA) is 81.5 Å². The standard InChI is InChI=1S/C29H42N2O2/c1-4-15-29(2,32)16-14-24-20-23(9-6-17-30)21-27(22-24)28-25(12-7-18-31)10-5-11-26(28)13-8-19-33-3/h5,8,10-11,13-14,16,20-22,32H,4,6-7,9,12,15,17-19,30-31H2,1-3H3/b13-8+,16-14+. The SMILES string of the molecule is CCCC(C)(O)/C=C/c1cc(CCCN)cc(-c2c(/C=C/COC)cccc2CCCN)c1. The summed E-state index contributed by atoms with van der Waals surface area (Å²) in [5, 5.41) is 10.6. The Balaban J connectivity index is 2.61. The lowest BCUT2D eigenvalue weighted by Gasteiger charge is -2.18. The van der Waals surface area contributed by atoms with Crippen molar-refractivity contribution in [3.63, 3.8) is 0 Å². The van der Waals surface area contributed by atoms with Gasteiger partial charge in [0.15, 0.2) is 0 Å². The summed E-state index contributed by atoms with van der Waals surface area (Å²) in [5.74, 6) is 0. The predicted molar refractivity (Wildman–Crippen MR) is 142 cm³/mol. The Morgan fingerprint density at radius 1 is 1.03 bits per heavy atom. The van der Waals surface area contributed by atoms with Crippen LogP contribution in [0.2, 0.25) is 0 Å². The lowest BCUT2D eigenvalue weighted by molar-refractivity contribution is 0.102. The molecule has 2 rings (SSSR count). The zero-order valence-electron chi connectivity index (χ0n) is 20.6. The van der Waals surface area contributed by atoms with E-state index in [4.69, 9.17) is 16.2 Å². The number of hydrogen-bond acceptors (Lipinski definition) is 4. The van der Waals surface area contributed by atoms with E-state index in [1.54, 1.807) is 7.11 Å². The summed E-state index contributed by atoms with van der Waals surface area (Å²) >= 11 is 0. The van der Waals surface area contributed by atoms with Crippen LogP contribution in [0.25, 0.3) is 23.3 Å². The number of nitrogens with two attached hydrogens (primary N) is 2. The zero-order valence-corrected chi connectivity index (χ0v) is 20.6. The van der Waals surface area contributed by atoms with Crippen molar-refractivity contribution in [3.8, 4) is 11.1 Å². The maximum Gasteiger partial charge on any atom is 0.0802 e. The van der Waals surface area contributed by atoms with Gasteiger partial charge in [0.05, 0.1) is 12.2 Å². The van der Waals surface area contributed by atoms with Crippen LogP contribution in [0.1, 0.15) is 61.8 Å². The van der Waals surface area contributed by atoms with E-state index < -0.39 is 5.60 Å². The van der Waals surface area contributed by atoms with Crippen LogP contribution in [0.5, 0.6) is 0 Å². The fourth-order valence-electron chi connectivity index (χ4n) is 4.16. The monoisotopic (exact) mass is 450 g/mol. The van der Waals surface area contributed by atoms with E-state index in [0.717, 1.165) is 44.1 Å². The first kappa shape index (κ1) is 27.0. The van der Waals surface area contributed by atoms with Crippen LogP contribution in [0, 0.1) is 0 Å². The Morgan fingerprint density at radius 3 is 2.48 bits per heavy atom. The summed E-state index contributed by atoms with van der Waals surface area (Å²) in [6, 6.07) is 13.2. The molecular weight excluding hydrogens is 408 g/mol. The molecule has 2 aromatic carbocycles. The molecule has 0 heterocycles. The second-order valence-corrected chi connectivity index (χ2v) is 8.93. The molecule has 0 aliphatic carbocycles. The Morgan fingerprint density at radius 2 is 1.79 bits per heavy atom. The van der Waals surface area contributed by atoms with E-state index in [1.807, 2.05) is 25.2 Å². The lowest BCUT2D eigenvalue weighted by Crippen LogP contribution is -2.19.